The van der Waals surface area contributed by atoms with Crippen LogP contribution in [0.2, 0.25) is 0 Å². The highest BCUT2D eigenvalue weighted by Crippen LogP contribution is 2.17. The quantitative estimate of drug-likeness (QED) is 0.812. The third-order valence-electron chi connectivity index (χ3n) is 2.52. The molecule has 0 saturated heterocycles. The summed E-state index contributed by atoms with van der Waals surface area (Å²) in [5.41, 5.74) is -0.280. The van der Waals surface area contributed by atoms with E-state index in [9.17, 15) is 14.0 Å². The summed E-state index contributed by atoms with van der Waals surface area (Å²) >= 11 is 0. The van der Waals surface area contributed by atoms with E-state index in [1.54, 1.807) is 0 Å². The van der Waals surface area contributed by atoms with Gasteiger partial charge in [0.2, 0.25) is 0 Å². The second-order valence-electron chi connectivity index (χ2n) is 4.05. The van der Waals surface area contributed by atoms with Crippen molar-refractivity contribution in [3.63, 3.8) is 0 Å². The molecular weight excluding hydrogens is 263 g/mol. The van der Waals surface area contributed by atoms with Crippen LogP contribution in [0.25, 0.3) is 0 Å². The Morgan fingerprint density at radius 2 is 2.20 bits per heavy atom. The van der Waals surface area contributed by atoms with Crippen LogP contribution < -0.4 is 5.32 Å². The molecular formula is C14H15FN2O3. The molecule has 0 radical (unpaired) electrons. The van der Waals surface area contributed by atoms with Gasteiger partial charge in [-0.1, -0.05) is 12.8 Å². The number of halogens is 1. The molecule has 0 aliphatic heterocycles. The van der Waals surface area contributed by atoms with Gasteiger partial charge in [0.15, 0.2) is 0 Å². The van der Waals surface area contributed by atoms with Crippen LogP contribution in [-0.4, -0.2) is 35.1 Å². The Bertz CT molecular complexity index is 552. The van der Waals surface area contributed by atoms with E-state index in [2.05, 4.69) is 11.2 Å². The van der Waals surface area contributed by atoms with Crippen molar-refractivity contribution >= 4 is 17.7 Å². The standard InChI is InChI=1S/C14H15FN2O3/c1-3-7-17(8-4-2)14(20)16-12-6-5-10(15)9-11(12)13(18)19/h1,5-6,9H,4,7-8H2,2H3,(H,16,20)(H,18,19). The van der Waals surface area contributed by atoms with Crippen molar-refractivity contribution in [2.75, 3.05) is 18.4 Å². The fraction of sp³-hybridized carbons (Fsp3) is 0.286. The fourth-order valence-corrected chi connectivity index (χ4v) is 1.63. The van der Waals surface area contributed by atoms with Gasteiger partial charge >= 0.3 is 12.0 Å². The van der Waals surface area contributed by atoms with E-state index in [0.29, 0.717) is 13.0 Å². The molecule has 2 N–H and O–H groups in total. The molecule has 0 atom stereocenters. The monoisotopic (exact) mass is 278 g/mol. The van der Waals surface area contributed by atoms with E-state index in [1.807, 2.05) is 6.92 Å². The lowest BCUT2D eigenvalue weighted by atomic mass is 10.1. The van der Waals surface area contributed by atoms with Gasteiger partial charge in [-0.05, 0) is 24.6 Å². The van der Waals surface area contributed by atoms with Gasteiger partial charge in [0.25, 0.3) is 0 Å². The lowest BCUT2D eigenvalue weighted by Crippen LogP contribution is -2.36. The number of aromatic carboxylic acids is 1. The van der Waals surface area contributed by atoms with Crippen LogP contribution in [0.5, 0.6) is 0 Å². The smallest absolute Gasteiger partial charge is 0.337 e. The van der Waals surface area contributed by atoms with Crippen LogP contribution >= 0.6 is 0 Å². The molecule has 20 heavy (non-hydrogen) atoms. The third-order valence-corrected chi connectivity index (χ3v) is 2.52. The van der Waals surface area contributed by atoms with Crippen molar-refractivity contribution in [1.29, 1.82) is 0 Å². The van der Waals surface area contributed by atoms with E-state index >= 15 is 0 Å². The molecule has 0 aromatic heterocycles. The van der Waals surface area contributed by atoms with E-state index in [0.717, 1.165) is 12.1 Å². The summed E-state index contributed by atoms with van der Waals surface area (Å²) in [5, 5.41) is 11.4. The minimum absolute atomic E-state index is 0.0297. The van der Waals surface area contributed by atoms with Crippen molar-refractivity contribution in [3.8, 4) is 12.3 Å². The zero-order valence-corrected chi connectivity index (χ0v) is 11.0. The molecule has 0 unspecified atom stereocenters. The highest BCUT2D eigenvalue weighted by Gasteiger charge is 2.16. The molecule has 0 aliphatic rings. The van der Waals surface area contributed by atoms with Gasteiger partial charge < -0.3 is 15.3 Å². The lowest BCUT2D eigenvalue weighted by molar-refractivity contribution is 0.0697. The molecule has 0 heterocycles. The average Bonchev–Trinajstić information content (AvgIpc) is 2.40. The number of urea groups is 1. The normalized spacial score (nSPS) is 9.65. The van der Waals surface area contributed by atoms with Gasteiger partial charge in [-0.3, -0.25) is 0 Å². The molecule has 1 aromatic carbocycles. The first-order valence-corrected chi connectivity index (χ1v) is 6.01. The summed E-state index contributed by atoms with van der Waals surface area (Å²) in [6.07, 6.45) is 5.89. The van der Waals surface area contributed by atoms with Gasteiger partial charge in [0.1, 0.15) is 5.82 Å². The van der Waals surface area contributed by atoms with Gasteiger partial charge in [0.05, 0.1) is 17.8 Å². The van der Waals surface area contributed by atoms with Crippen LogP contribution in [0.3, 0.4) is 0 Å². The largest absolute Gasteiger partial charge is 0.478 e. The zero-order chi connectivity index (χ0) is 15.1. The number of carbonyl (C=O) groups is 2. The molecule has 1 aromatic rings. The Morgan fingerprint density at radius 3 is 2.75 bits per heavy atom. The van der Waals surface area contributed by atoms with E-state index in [1.165, 1.54) is 11.0 Å². The minimum atomic E-state index is -1.32. The number of anilines is 1. The van der Waals surface area contributed by atoms with Gasteiger partial charge in [-0.25, -0.2) is 14.0 Å². The highest BCUT2D eigenvalue weighted by molar-refractivity contribution is 6.00. The molecule has 0 spiro atoms. The second kappa shape index (κ2) is 7.14. The van der Waals surface area contributed by atoms with Gasteiger partial charge in [-0.15, -0.1) is 6.42 Å². The predicted octanol–water partition coefficient (Wildman–Crippen LogP) is 2.40. The van der Waals surface area contributed by atoms with Crippen LogP contribution in [0.4, 0.5) is 14.9 Å². The van der Waals surface area contributed by atoms with Crippen LogP contribution in [0, 0.1) is 18.2 Å². The number of benzene rings is 1. The SMILES string of the molecule is C#CCN(CCC)C(=O)Nc1ccc(F)cc1C(=O)O. The number of nitrogens with one attached hydrogen (secondary N) is 1. The summed E-state index contributed by atoms with van der Waals surface area (Å²) in [6.45, 7) is 2.44. The molecule has 5 nitrogen and oxygen atoms in total. The molecule has 0 aliphatic carbocycles. The topological polar surface area (TPSA) is 69.6 Å². The van der Waals surface area contributed by atoms with E-state index in [-0.39, 0.29) is 17.8 Å². The number of rotatable bonds is 5. The molecule has 1 rings (SSSR count). The summed E-state index contributed by atoms with van der Waals surface area (Å²) in [5.74, 6) is 0.348. The van der Waals surface area contributed by atoms with E-state index < -0.39 is 17.8 Å². The molecule has 106 valence electrons. The van der Waals surface area contributed by atoms with E-state index in [4.69, 9.17) is 11.5 Å². The van der Waals surface area contributed by atoms with Gasteiger partial charge in [0, 0.05) is 6.54 Å². The Labute approximate surface area is 116 Å². The number of hydrogen-bond acceptors (Lipinski definition) is 2. The predicted molar refractivity (Wildman–Crippen MR) is 73.1 cm³/mol. The number of hydrogen-bond donors (Lipinski definition) is 2. The lowest BCUT2D eigenvalue weighted by Gasteiger charge is -2.20. The summed E-state index contributed by atoms with van der Waals surface area (Å²) in [4.78, 5) is 24.4. The molecule has 0 saturated carbocycles. The number of carbonyl (C=O) groups excluding carboxylic acids is 1. The molecule has 2 amide bonds. The van der Waals surface area contributed by atoms with Crippen LogP contribution in [0.15, 0.2) is 18.2 Å². The third kappa shape index (κ3) is 3.99. The maximum absolute atomic E-state index is 13.0. The Hall–Kier alpha value is -2.55. The first kappa shape index (κ1) is 15.5. The Morgan fingerprint density at radius 1 is 1.50 bits per heavy atom. The molecule has 6 heteroatoms. The van der Waals surface area contributed by atoms with Crippen molar-refractivity contribution < 1.29 is 19.1 Å². The maximum Gasteiger partial charge on any atom is 0.337 e. The Kier molecular flexibility index (Phi) is 5.54. The first-order chi connectivity index (χ1) is 9.49. The fourth-order valence-electron chi connectivity index (χ4n) is 1.63. The van der Waals surface area contributed by atoms with Crippen molar-refractivity contribution in [3.05, 3.63) is 29.6 Å². The van der Waals surface area contributed by atoms with Crippen LogP contribution in [0.1, 0.15) is 23.7 Å². The molecule has 0 bridgehead atoms. The number of carboxylic acid groups (broad SMARTS) is 1. The molecule has 0 fully saturated rings. The number of nitrogens with zero attached hydrogens (tertiary/aromatic N) is 1. The maximum atomic E-state index is 13.0. The second-order valence-corrected chi connectivity index (χ2v) is 4.05. The Balaban J connectivity index is 2.95. The summed E-state index contributed by atoms with van der Waals surface area (Å²) in [7, 11) is 0. The summed E-state index contributed by atoms with van der Waals surface area (Å²) in [6, 6.07) is 2.62. The van der Waals surface area contributed by atoms with Crippen molar-refractivity contribution in [2.24, 2.45) is 0 Å². The average molecular weight is 278 g/mol. The summed E-state index contributed by atoms with van der Waals surface area (Å²) < 4.78 is 13.0. The first-order valence-electron chi connectivity index (χ1n) is 6.01. The number of amides is 2. The van der Waals surface area contributed by atoms with Crippen molar-refractivity contribution in [2.45, 2.75) is 13.3 Å². The minimum Gasteiger partial charge on any atom is -0.478 e. The van der Waals surface area contributed by atoms with Crippen LogP contribution in [-0.2, 0) is 0 Å². The number of terminal acetylenes is 1. The zero-order valence-electron chi connectivity index (χ0n) is 11.0. The highest BCUT2D eigenvalue weighted by atomic mass is 19.1. The van der Waals surface area contributed by atoms with Gasteiger partial charge in [-0.2, -0.15) is 0 Å². The number of carboxylic acids is 1. The van der Waals surface area contributed by atoms with Crippen molar-refractivity contribution in [1.82, 2.24) is 4.90 Å².